The van der Waals surface area contributed by atoms with E-state index >= 15 is 0 Å². The van der Waals surface area contributed by atoms with Crippen molar-refractivity contribution in [1.82, 2.24) is 0 Å². The van der Waals surface area contributed by atoms with Gasteiger partial charge in [-0.15, -0.1) is 0 Å². The van der Waals surface area contributed by atoms with Gasteiger partial charge in [-0.1, -0.05) is 24.7 Å². The molecule has 0 aliphatic rings. The van der Waals surface area contributed by atoms with Gasteiger partial charge in [-0.25, -0.2) is 4.57 Å². The molecular formula is C12H15BrN2OS2. The fourth-order valence-corrected chi connectivity index (χ4v) is 3.26. The van der Waals surface area contributed by atoms with Gasteiger partial charge in [0.05, 0.1) is 4.88 Å². The number of halogens is 1. The molecule has 0 radical (unpaired) electrons. The molecule has 0 amide bonds. The number of nitrogen functional groups attached to an aromatic ring is 1. The number of thiophene rings is 1. The molecule has 0 spiro atoms. The first-order valence-corrected chi connectivity index (χ1v) is 7.29. The summed E-state index contributed by atoms with van der Waals surface area (Å²) in [6, 6.07) is 1.85. The monoisotopic (exact) mass is 346 g/mol. The third kappa shape index (κ3) is 3.63. The van der Waals surface area contributed by atoms with Gasteiger partial charge < -0.3 is 17.0 Å². The molecule has 0 saturated carbocycles. The molecule has 0 atom stereocenters. The van der Waals surface area contributed by atoms with Gasteiger partial charge in [-0.05, 0) is 17.9 Å². The van der Waals surface area contributed by atoms with Crippen LogP contribution in [-0.4, -0.2) is 5.78 Å². The Morgan fingerprint density at radius 3 is 2.89 bits per heavy atom. The van der Waals surface area contributed by atoms with Crippen LogP contribution in [0, 0.1) is 0 Å². The Morgan fingerprint density at radius 2 is 2.28 bits per heavy atom. The first-order chi connectivity index (χ1) is 8.20. The lowest BCUT2D eigenvalue weighted by molar-refractivity contribution is -0.664. The van der Waals surface area contributed by atoms with E-state index in [0.717, 1.165) is 18.4 Å². The Hall–Kier alpha value is -0.720. The lowest BCUT2D eigenvalue weighted by atomic mass is 10.2. The molecule has 2 rings (SSSR count). The van der Waals surface area contributed by atoms with Gasteiger partial charge in [0.15, 0.2) is 6.54 Å². The number of nitrogens with zero attached hydrogens (tertiary/aromatic N) is 1. The number of aryl methyl sites for hydroxylation is 1. The number of carbonyl (C=O) groups excluding carboxylic acids is 1. The van der Waals surface area contributed by atoms with Crippen LogP contribution < -0.4 is 27.3 Å². The Labute approximate surface area is 125 Å². The van der Waals surface area contributed by atoms with Gasteiger partial charge in [0.2, 0.25) is 5.78 Å². The van der Waals surface area contributed by atoms with E-state index < -0.39 is 0 Å². The standard InChI is InChI=1S/C12H14N2OS2.BrH/c1-2-3-10-6-14(12(13)17-10)7-11(15)9-4-5-16-8-9;/h4-6,8,13H,2-3,7H2,1H3;1H. The van der Waals surface area contributed by atoms with Crippen molar-refractivity contribution in [3.05, 3.63) is 33.5 Å². The van der Waals surface area contributed by atoms with Crippen LogP contribution in [0.1, 0.15) is 28.6 Å². The van der Waals surface area contributed by atoms with Gasteiger partial charge in [0, 0.05) is 10.9 Å². The molecular weight excluding hydrogens is 332 g/mol. The maximum Gasteiger partial charge on any atom is 0.332 e. The summed E-state index contributed by atoms with van der Waals surface area (Å²) in [6.45, 7) is 2.47. The van der Waals surface area contributed by atoms with E-state index in [1.807, 2.05) is 27.6 Å². The molecule has 18 heavy (non-hydrogen) atoms. The minimum atomic E-state index is 0. The summed E-state index contributed by atoms with van der Waals surface area (Å²) in [5.74, 6) is 0.115. The molecule has 2 aromatic rings. The molecule has 0 aromatic carbocycles. The van der Waals surface area contributed by atoms with E-state index in [1.165, 1.54) is 16.2 Å². The molecule has 2 aromatic heterocycles. The topological polar surface area (TPSA) is 47.0 Å². The van der Waals surface area contributed by atoms with Crippen LogP contribution in [0.5, 0.6) is 0 Å². The van der Waals surface area contributed by atoms with Gasteiger partial charge in [0.25, 0.3) is 0 Å². The number of hydrogen-bond acceptors (Lipinski definition) is 4. The highest BCUT2D eigenvalue weighted by Crippen LogP contribution is 2.15. The van der Waals surface area contributed by atoms with Crippen LogP contribution in [0.15, 0.2) is 23.0 Å². The summed E-state index contributed by atoms with van der Waals surface area (Å²) in [7, 11) is 0. The first-order valence-electron chi connectivity index (χ1n) is 5.53. The highest BCUT2D eigenvalue weighted by Gasteiger charge is 2.16. The predicted molar refractivity (Wildman–Crippen MR) is 71.6 cm³/mol. The van der Waals surface area contributed by atoms with Crippen LogP contribution in [0.3, 0.4) is 0 Å². The minimum absolute atomic E-state index is 0. The number of aromatic nitrogens is 1. The summed E-state index contributed by atoms with van der Waals surface area (Å²) in [6.07, 6.45) is 4.11. The molecule has 2 N–H and O–H groups in total. The highest BCUT2D eigenvalue weighted by atomic mass is 79.9. The van der Waals surface area contributed by atoms with Crippen LogP contribution in [0.4, 0.5) is 5.13 Å². The number of anilines is 1. The quantitative estimate of drug-likeness (QED) is 0.587. The van der Waals surface area contributed by atoms with Crippen molar-refractivity contribution in [3.63, 3.8) is 0 Å². The highest BCUT2D eigenvalue weighted by molar-refractivity contribution is 7.14. The van der Waals surface area contributed by atoms with Gasteiger partial charge in [-0.3, -0.25) is 10.5 Å². The average Bonchev–Trinajstić information content (AvgIpc) is 2.90. The van der Waals surface area contributed by atoms with Crippen molar-refractivity contribution >= 4 is 33.6 Å². The normalized spacial score (nSPS) is 10.1. The van der Waals surface area contributed by atoms with E-state index in [4.69, 9.17) is 5.73 Å². The van der Waals surface area contributed by atoms with Crippen LogP contribution in [0.2, 0.25) is 0 Å². The van der Waals surface area contributed by atoms with Gasteiger partial charge >= 0.3 is 5.13 Å². The largest absolute Gasteiger partial charge is 1.00 e. The molecule has 0 aliphatic carbocycles. The molecule has 0 fully saturated rings. The van der Waals surface area contributed by atoms with Crippen LogP contribution in [-0.2, 0) is 13.0 Å². The summed E-state index contributed by atoms with van der Waals surface area (Å²) in [5, 5.41) is 4.49. The summed E-state index contributed by atoms with van der Waals surface area (Å²) in [5.41, 5.74) is 6.67. The van der Waals surface area contributed by atoms with Crippen molar-refractivity contribution in [2.45, 2.75) is 26.3 Å². The Balaban J connectivity index is 0.00000162. The number of hydrogen-bond donors (Lipinski definition) is 1. The number of nitrogens with two attached hydrogens (primary N) is 1. The zero-order valence-electron chi connectivity index (χ0n) is 10.1. The number of carbonyl (C=O) groups is 1. The molecule has 0 aliphatic heterocycles. The number of Topliss-reactive ketones (excluding diaryl/α,β-unsaturated/α-hetero) is 1. The number of rotatable bonds is 5. The number of ketones is 1. The second-order valence-electron chi connectivity index (χ2n) is 3.85. The Morgan fingerprint density at radius 1 is 1.50 bits per heavy atom. The van der Waals surface area contributed by atoms with Crippen LogP contribution >= 0.6 is 22.7 Å². The SMILES string of the molecule is CCCc1c[n+](CC(=O)c2ccsc2)c(N)s1.[Br-]. The molecule has 2 heterocycles. The lowest BCUT2D eigenvalue weighted by Crippen LogP contribution is -3.00. The molecule has 0 unspecified atom stereocenters. The predicted octanol–water partition coefficient (Wildman–Crippen LogP) is -0.481. The molecule has 0 saturated heterocycles. The van der Waals surface area contributed by atoms with Crippen LogP contribution in [0.25, 0.3) is 0 Å². The van der Waals surface area contributed by atoms with Crippen molar-refractivity contribution in [2.24, 2.45) is 0 Å². The van der Waals surface area contributed by atoms with E-state index in [9.17, 15) is 4.79 Å². The van der Waals surface area contributed by atoms with E-state index in [-0.39, 0.29) is 22.8 Å². The third-order valence-electron chi connectivity index (χ3n) is 2.47. The van der Waals surface area contributed by atoms with Crippen molar-refractivity contribution in [2.75, 3.05) is 5.73 Å². The molecule has 6 heteroatoms. The first kappa shape index (κ1) is 15.3. The lowest BCUT2D eigenvalue weighted by Gasteiger charge is -1.95. The third-order valence-corrected chi connectivity index (χ3v) is 4.17. The second-order valence-corrected chi connectivity index (χ2v) is 5.78. The smallest absolute Gasteiger partial charge is 0.332 e. The maximum atomic E-state index is 11.9. The zero-order chi connectivity index (χ0) is 12.3. The summed E-state index contributed by atoms with van der Waals surface area (Å²) in [4.78, 5) is 13.2. The Bertz CT molecular complexity index is 508. The van der Waals surface area contributed by atoms with Crippen molar-refractivity contribution in [3.8, 4) is 0 Å². The summed E-state index contributed by atoms with van der Waals surface area (Å²) >= 11 is 3.11. The molecule has 98 valence electrons. The van der Waals surface area contributed by atoms with Gasteiger partial charge in [-0.2, -0.15) is 11.3 Å². The maximum absolute atomic E-state index is 11.9. The molecule has 3 nitrogen and oxygen atoms in total. The fraction of sp³-hybridized carbons (Fsp3) is 0.333. The summed E-state index contributed by atoms with van der Waals surface area (Å²) < 4.78 is 1.84. The van der Waals surface area contributed by atoms with E-state index in [2.05, 4.69) is 6.92 Å². The zero-order valence-corrected chi connectivity index (χ0v) is 13.3. The minimum Gasteiger partial charge on any atom is -1.00 e. The number of thiazole rings is 1. The van der Waals surface area contributed by atoms with E-state index in [0.29, 0.717) is 11.7 Å². The Kier molecular flexibility index (Phi) is 5.98. The second kappa shape index (κ2) is 7.01. The average molecular weight is 347 g/mol. The fourth-order valence-electron chi connectivity index (χ4n) is 1.61. The molecule has 0 bridgehead atoms. The van der Waals surface area contributed by atoms with E-state index in [1.54, 1.807) is 11.3 Å². The van der Waals surface area contributed by atoms with Crippen molar-refractivity contribution < 1.29 is 26.3 Å². The van der Waals surface area contributed by atoms with Gasteiger partial charge in [0.1, 0.15) is 6.20 Å². The van der Waals surface area contributed by atoms with Crippen molar-refractivity contribution in [1.29, 1.82) is 0 Å².